The summed E-state index contributed by atoms with van der Waals surface area (Å²) in [5, 5.41) is 17.1. The summed E-state index contributed by atoms with van der Waals surface area (Å²) in [5.41, 5.74) is 1.64. The van der Waals surface area contributed by atoms with Gasteiger partial charge in [0.05, 0.1) is 0 Å². The van der Waals surface area contributed by atoms with Crippen molar-refractivity contribution in [3.63, 3.8) is 0 Å². The summed E-state index contributed by atoms with van der Waals surface area (Å²) in [4.78, 5) is 12.8. The number of ether oxygens (including phenoxy) is 1. The Morgan fingerprint density at radius 3 is 2.61 bits per heavy atom. The van der Waals surface area contributed by atoms with Crippen LogP contribution in [0.25, 0.3) is 15.5 Å². The lowest BCUT2D eigenvalue weighted by atomic mass is 10.2. The first-order chi connectivity index (χ1) is 13.6. The quantitative estimate of drug-likeness (QED) is 0.515. The average Bonchev–Trinajstić information content (AvgIpc) is 3.29. The number of hydrogen-bond acceptors (Lipinski definition) is 6. The third-order valence-electron chi connectivity index (χ3n) is 3.97. The van der Waals surface area contributed by atoms with Crippen LogP contribution in [-0.2, 0) is 11.2 Å². The molecule has 0 saturated carbocycles. The van der Waals surface area contributed by atoms with E-state index in [1.807, 2.05) is 31.2 Å². The Labute approximate surface area is 169 Å². The van der Waals surface area contributed by atoms with Crippen LogP contribution in [0.15, 0.2) is 48.5 Å². The summed E-state index contributed by atoms with van der Waals surface area (Å²) in [6, 6.07) is 14.3. The number of nitrogens with one attached hydrogen (secondary N) is 1. The molecule has 0 bridgehead atoms. The van der Waals surface area contributed by atoms with E-state index >= 15 is 0 Å². The van der Waals surface area contributed by atoms with Crippen molar-refractivity contribution < 1.29 is 9.53 Å². The molecule has 0 atom stereocenters. The highest BCUT2D eigenvalue weighted by molar-refractivity contribution is 7.19. The summed E-state index contributed by atoms with van der Waals surface area (Å²) in [7, 11) is 0. The van der Waals surface area contributed by atoms with Gasteiger partial charge >= 0.3 is 0 Å². The molecule has 0 spiro atoms. The Morgan fingerprint density at radius 2 is 1.89 bits per heavy atom. The first-order valence-corrected chi connectivity index (χ1v) is 9.81. The fourth-order valence-electron chi connectivity index (χ4n) is 2.57. The molecule has 0 aliphatic heterocycles. The maximum atomic E-state index is 12.1. The lowest BCUT2D eigenvalue weighted by Gasteiger charge is -2.08. The number of fused-ring (bicyclic) bond motifs is 1. The molecule has 1 amide bonds. The number of nitrogens with zero attached hydrogens (tertiary/aromatic N) is 4. The van der Waals surface area contributed by atoms with Crippen LogP contribution in [0, 0.1) is 0 Å². The van der Waals surface area contributed by atoms with E-state index < -0.39 is 0 Å². The highest BCUT2D eigenvalue weighted by atomic mass is 35.5. The maximum Gasteiger partial charge on any atom is 0.262 e. The molecule has 4 rings (SSSR count). The number of halogens is 1. The monoisotopic (exact) mass is 413 g/mol. The number of aryl methyl sites for hydroxylation is 1. The van der Waals surface area contributed by atoms with Gasteiger partial charge in [-0.05, 0) is 48.5 Å². The highest BCUT2D eigenvalue weighted by Gasteiger charge is 2.12. The normalized spacial score (nSPS) is 10.9. The summed E-state index contributed by atoms with van der Waals surface area (Å²) in [6.07, 6.45) is 0.771. The molecular formula is C19H16ClN5O2S. The first-order valence-electron chi connectivity index (χ1n) is 8.62. The van der Waals surface area contributed by atoms with Gasteiger partial charge in [0.15, 0.2) is 12.4 Å². The minimum atomic E-state index is -0.242. The zero-order chi connectivity index (χ0) is 19.5. The average molecular weight is 414 g/mol. The second-order valence-corrected chi connectivity index (χ2v) is 7.33. The van der Waals surface area contributed by atoms with Gasteiger partial charge in [-0.2, -0.15) is 9.61 Å². The van der Waals surface area contributed by atoms with Gasteiger partial charge in [0.2, 0.25) is 4.96 Å². The molecule has 0 saturated heterocycles. The minimum Gasteiger partial charge on any atom is -0.484 e. The van der Waals surface area contributed by atoms with E-state index in [1.165, 1.54) is 11.3 Å². The molecule has 0 radical (unpaired) electrons. The van der Waals surface area contributed by atoms with Gasteiger partial charge in [-0.15, -0.1) is 10.2 Å². The molecule has 1 N–H and O–H groups in total. The van der Waals surface area contributed by atoms with E-state index in [0.29, 0.717) is 16.5 Å². The van der Waals surface area contributed by atoms with E-state index in [0.717, 1.165) is 27.8 Å². The third-order valence-corrected chi connectivity index (χ3v) is 5.17. The van der Waals surface area contributed by atoms with Gasteiger partial charge in [0, 0.05) is 22.7 Å². The molecule has 0 aliphatic carbocycles. The van der Waals surface area contributed by atoms with Crippen molar-refractivity contribution in [1.82, 2.24) is 19.8 Å². The van der Waals surface area contributed by atoms with Crippen molar-refractivity contribution in [3.8, 4) is 16.3 Å². The smallest absolute Gasteiger partial charge is 0.262 e. The molecule has 4 aromatic rings. The molecule has 0 aliphatic rings. The molecule has 0 unspecified atom stereocenters. The maximum absolute atomic E-state index is 12.1. The number of hydrogen-bond donors (Lipinski definition) is 1. The van der Waals surface area contributed by atoms with Crippen LogP contribution in [0.3, 0.4) is 0 Å². The zero-order valence-electron chi connectivity index (χ0n) is 14.9. The van der Waals surface area contributed by atoms with Crippen molar-refractivity contribution in [1.29, 1.82) is 0 Å². The Kier molecular flexibility index (Phi) is 5.23. The Balaban J connectivity index is 1.38. The Hall–Kier alpha value is -2.97. The number of rotatable bonds is 6. The van der Waals surface area contributed by atoms with Crippen molar-refractivity contribution in [2.45, 2.75) is 13.3 Å². The van der Waals surface area contributed by atoms with Gasteiger partial charge in [0.25, 0.3) is 5.91 Å². The topological polar surface area (TPSA) is 81.4 Å². The van der Waals surface area contributed by atoms with Gasteiger partial charge in [0.1, 0.15) is 10.8 Å². The molecule has 7 nitrogen and oxygen atoms in total. The van der Waals surface area contributed by atoms with Crippen LogP contribution in [0.4, 0.5) is 5.69 Å². The fourth-order valence-corrected chi connectivity index (χ4v) is 3.56. The van der Waals surface area contributed by atoms with Crippen molar-refractivity contribution in [2.75, 3.05) is 11.9 Å². The van der Waals surface area contributed by atoms with E-state index in [4.69, 9.17) is 16.3 Å². The van der Waals surface area contributed by atoms with Gasteiger partial charge in [-0.3, -0.25) is 4.79 Å². The van der Waals surface area contributed by atoms with Crippen LogP contribution < -0.4 is 10.1 Å². The summed E-state index contributed by atoms with van der Waals surface area (Å²) in [5.74, 6) is 1.18. The van der Waals surface area contributed by atoms with Crippen LogP contribution in [0.1, 0.15) is 12.7 Å². The lowest BCUT2D eigenvalue weighted by Crippen LogP contribution is -2.20. The SMILES string of the molecule is CCc1nnc2sc(-c3ccc(NC(=O)COc4ccc(Cl)cc4)cc3)nn12. The van der Waals surface area contributed by atoms with Gasteiger partial charge in [-0.1, -0.05) is 29.9 Å². The summed E-state index contributed by atoms with van der Waals surface area (Å²) < 4.78 is 7.21. The molecule has 9 heteroatoms. The second kappa shape index (κ2) is 7.95. The summed E-state index contributed by atoms with van der Waals surface area (Å²) >= 11 is 7.30. The van der Waals surface area contributed by atoms with E-state index in [-0.39, 0.29) is 12.5 Å². The molecular weight excluding hydrogens is 398 g/mol. The molecule has 28 heavy (non-hydrogen) atoms. The predicted octanol–water partition coefficient (Wildman–Crippen LogP) is 4.09. The Bertz CT molecular complexity index is 1110. The van der Waals surface area contributed by atoms with Gasteiger partial charge < -0.3 is 10.1 Å². The molecule has 142 valence electrons. The molecule has 0 fully saturated rings. The number of amides is 1. The zero-order valence-corrected chi connectivity index (χ0v) is 16.5. The van der Waals surface area contributed by atoms with Crippen molar-refractivity contribution in [2.24, 2.45) is 0 Å². The van der Waals surface area contributed by atoms with Crippen LogP contribution in [0.2, 0.25) is 5.02 Å². The number of benzene rings is 2. The van der Waals surface area contributed by atoms with Crippen LogP contribution >= 0.6 is 22.9 Å². The summed E-state index contributed by atoms with van der Waals surface area (Å²) in [6.45, 7) is 1.93. The van der Waals surface area contributed by atoms with Crippen molar-refractivity contribution >= 4 is 39.5 Å². The molecule has 2 heterocycles. The lowest BCUT2D eigenvalue weighted by molar-refractivity contribution is -0.118. The van der Waals surface area contributed by atoms with E-state index in [1.54, 1.807) is 28.8 Å². The molecule has 2 aromatic heterocycles. The fraction of sp³-hybridized carbons (Fsp3) is 0.158. The molecule has 2 aromatic carbocycles. The van der Waals surface area contributed by atoms with E-state index in [9.17, 15) is 4.79 Å². The minimum absolute atomic E-state index is 0.0835. The Morgan fingerprint density at radius 1 is 1.14 bits per heavy atom. The van der Waals surface area contributed by atoms with Crippen molar-refractivity contribution in [3.05, 3.63) is 59.4 Å². The second-order valence-electron chi connectivity index (χ2n) is 5.94. The number of carbonyl (C=O) groups excluding carboxylic acids is 1. The van der Waals surface area contributed by atoms with Gasteiger partial charge in [-0.25, -0.2) is 0 Å². The van der Waals surface area contributed by atoms with E-state index in [2.05, 4.69) is 20.6 Å². The standard InChI is InChI=1S/C19H16ClN5O2S/c1-2-16-22-23-19-25(16)24-18(28-19)12-3-7-14(8-4-12)21-17(26)11-27-15-9-5-13(20)6-10-15/h3-10H,2,11H2,1H3,(H,21,26). The van der Waals surface area contributed by atoms with Crippen LogP contribution in [-0.4, -0.2) is 32.3 Å². The number of aromatic nitrogens is 4. The third kappa shape index (κ3) is 3.97. The number of carbonyl (C=O) groups is 1. The number of anilines is 1. The van der Waals surface area contributed by atoms with Crippen LogP contribution in [0.5, 0.6) is 5.75 Å². The largest absolute Gasteiger partial charge is 0.484 e. The highest BCUT2D eigenvalue weighted by Crippen LogP contribution is 2.26. The predicted molar refractivity (Wildman–Crippen MR) is 109 cm³/mol. The first kappa shape index (κ1) is 18.4.